The maximum atomic E-state index is 13.2. The number of carbonyl (C=O) groups is 1. The zero-order chi connectivity index (χ0) is 29.3. The molecule has 1 aliphatic heterocycles. The van der Waals surface area contributed by atoms with Crippen LogP contribution in [-0.2, 0) is 17.8 Å². The van der Waals surface area contributed by atoms with Crippen LogP contribution in [0.2, 0.25) is 5.02 Å². The molecule has 0 bridgehead atoms. The van der Waals surface area contributed by atoms with Crippen molar-refractivity contribution < 1.29 is 27.8 Å². The number of aliphatic hydroxyl groups is 1. The quantitative estimate of drug-likeness (QED) is 0.345. The van der Waals surface area contributed by atoms with Gasteiger partial charge in [-0.3, -0.25) is 9.36 Å². The van der Waals surface area contributed by atoms with Gasteiger partial charge in [-0.25, -0.2) is 24.1 Å². The van der Waals surface area contributed by atoms with Crippen LogP contribution in [0.25, 0.3) is 17.1 Å². The Kier molecular flexibility index (Phi) is 7.93. The van der Waals surface area contributed by atoms with Gasteiger partial charge in [0.25, 0.3) is 5.91 Å². The van der Waals surface area contributed by atoms with Crippen LogP contribution in [0.1, 0.15) is 23.2 Å². The lowest BCUT2D eigenvalue weighted by Gasteiger charge is -2.31. The number of hydrogen-bond donors (Lipinski definition) is 1. The van der Waals surface area contributed by atoms with Crippen molar-refractivity contribution in [2.24, 2.45) is 0 Å². The number of aliphatic hydroxyl groups excluding tert-OH is 1. The lowest BCUT2D eigenvalue weighted by atomic mass is 10.2. The second-order valence-corrected chi connectivity index (χ2v) is 9.78. The molecule has 4 heterocycles. The summed E-state index contributed by atoms with van der Waals surface area (Å²) in [5.41, 5.74) is -0.101. The minimum Gasteiger partial charge on any atom is -0.382 e. The summed E-state index contributed by atoms with van der Waals surface area (Å²) in [4.78, 5) is 36.4. The van der Waals surface area contributed by atoms with E-state index in [-0.39, 0.29) is 35.9 Å². The summed E-state index contributed by atoms with van der Waals surface area (Å²) in [7, 11) is 0. The summed E-state index contributed by atoms with van der Waals surface area (Å²) in [6.45, 7) is 1.72. The molecule has 16 heteroatoms. The molecule has 3 aromatic heterocycles. The van der Waals surface area contributed by atoms with E-state index in [0.29, 0.717) is 36.0 Å². The first kappa shape index (κ1) is 28.4. The van der Waals surface area contributed by atoms with Crippen LogP contribution < -0.4 is 5.69 Å². The smallest absolute Gasteiger partial charge is 0.382 e. The highest BCUT2D eigenvalue weighted by Crippen LogP contribution is 2.24. The molecule has 1 unspecified atom stereocenters. The highest BCUT2D eigenvalue weighted by atomic mass is 35.5. The zero-order valence-electron chi connectivity index (χ0n) is 21.6. The summed E-state index contributed by atoms with van der Waals surface area (Å²) < 4.78 is 47.9. The minimum absolute atomic E-state index is 0.0954. The van der Waals surface area contributed by atoms with E-state index in [0.717, 1.165) is 9.25 Å². The van der Waals surface area contributed by atoms with Crippen molar-refractivity contribution in [3.05, 3.63) is 75.9 Å². The van der Waals surface area contributed by atoms with E-state index in [1.165, 1.54) is 41.5 Å². The Balaban J connectivity index is 1.45. The molecule has 0 radical (unpaired) electrons. The number of ether oxygens (including phenoxy) is 1. The van der Waals surface area contributed by atoms with Crippen LogP contribution >= 0.6 is 11.6 Å². The number of alkyl halides is 3. The Morgan fingerprint density at radius 3 is 2.66 bits per heavy atom. The number of nitrogens with zero attached hydrogens (tertiary/aromatic N) is 8. The third-order valence-corrected chi connectivity index (χ3v) is 6.61. The normalized spacial score (nSPS) is 16.6. The summed E-state index contributed by atoms with van der Waals surface area (Å²) in [5.74, 6) is -0.314. The molecule has 0 aliphatic carbocycles. The van der Waals surface area contributed by atoms with E-state index in [2.05, 4.69) is 20.2 Å². The molecular weight excluding hydrogens is 569 g/mol. The third-order valence-electron chi connectivity index (χ3n) is 6.35. The van der Waals surface area contributed by atoms with Crippen LogP contribution in [0.15, 0.2) is 53.7 Å². The van der Waals surface area contributed by atoms with Crippen molar-refractivity contribution in [3.8, 4) is 17.1 Å². The predicted octanol–water partition coefficient (Wildman–Crippen LogP) is 2.17. The van der Waals surface area contributed by atoms with Crippen LogP contribution in [0, 0.1) is 0 Å². The fourth-order valence-electron chi connectivity index (χ4n) is 4.32. The van der Waals surface area contributed by atoms with Gasteiger partial charge in [-0.05, 0) is 43.3 Å². The Morgan fingerprint density at radius 1 is 1.20 bits per heavy atom. The van der Waals surface area contributed by atoms with Gasteiger partial charge in [0, 0.05) is 29.9 Å². The first-order chi connectivity index (χ1) is 19.5. The van der Waals surface area contributed by atoms with Gasteiger partial charge in [0.05, 0.1) is 24.9 Å². The Hall–Kier alpha value is -4.08. The van der Waals surface area contributed by atoms with Crippen LogP contribution in [0.3, 0.4) is 0 Å². The van der Waals surface area contributed by atoms with Gasteiger partial charge < -0.3 is 14.7 Å². The van der Waals surface area contributed by atoms with E-state index in [1.807, 2.05) is 6.92 Å². The molecule has 5 rings (SSSR count). The van der Waals surface area contributed by atoms with E-state index in [1.54, 1.807) is 17.0 Å². The van der Waals surface area contributed by atoms with Crippen LogP contribution in [0.4, 0.5) is 13.2 Å². The molecular formula is C25H24ClF3N8O4. The highest BCUT2D eigenvalue weighted by Gasteiger charge is 2.39. The summed E-state index contributed by atoms with van der Waals surface area (Å²) in [5, 5.41) is 18.6. The molecule has 12 nitrogen and oxygen atoms in total. The minimum atomic E-state index is -4.95. The molecule has 2 atom stereocenters. The number of amides is 1. The van der Waals surface area contributed by atoms with Crippen molar-refractivity contribution in [1.29, 1.82) is 0 Å². The Bertz CT molecular complexity index is 1600. The van der Waals surface area contributed by atoms with Crippen molar-refractivity contribution in [1.82, 2.24) is 39.0 Å². The zero-order valence-corrected chi connectivity index (χ0v) is 22.3. The molecule has 1 aliphatic rings. The summed E-state index contributed by atoms with van der Waals surface area (Å²) in [6, 6.07) is 9.26. The fourth-order valence-corrected chi connectivity index (χ4v) is 4.44. The number of rotatable bonds is 7. The lowest BCUT2D eigenvalue weighted by Crippen LogP contribution is -2.45. The summed E-state index contributed by atoms with van der Waals surface area (Å²) >= 11 is 5.93. The largest absolute Gasteiger partial charge is 0.416 e. The lowest BCUT2D eigenvalue weighted by molar-refractivity contribution is -0.207. The van der Waals surface area contributed by atoms with Gasteiger partial charge >= 0.3 is 11.9 Å². The molecule has 4 aromatic rings. The molecule has 1 amide bonds. The first-order valence-electron chi connectivity index (χ1n) is 12.5. The Labute approximate surface area is 235 Å². The van der Waals surface area contributed by atoms with Gasteiger partial charge in [0.15, 0.2) is 23.4 Å². The van der Waals surface area contributed by atoms with E-state index in [9.17, 15) is 27.9 Å². The molecule has 41 heavy (non-hydrogen) atoms. The molecule has 1 N–H and O–H groups in total. The fraction of sp³-hybridized carbons (Fsp3) is 0.360. The number of hydrogen-bond acceptors (Lipinski definition) is 8. The van der Waals surface area contributed by atoms with Gasteiger partial charge in [0.2, 0.25) is 0 Å². The Morgan fingerprint density at radius 2 is 1.95 bits per heavy atom. The third kappa shape index (κ3) is 6.16. The molecule has 0 saturated carbocycles. The maximum absolute atomic E-state index is 13.2. The maximum Gasteiger partial charge on any atom is 0.416 e. The van der Waals surface area contributed by atoms with Crippen LogP contribution in [-0.4, -0.2) is 88.1 Å². The molecule has 1 saturated heterocycles. The van der Waals surface area contributed by atoms with Gasteiger partial charge in [-0.2, -0.15) is 13.2 Å². The van der Waals surface area contributed by atoms with Crippen molar-refractivity contribution in [2.75, 3.05) is 19.7 Å². The predicted molar refractivity (Wildman–Crippen MR) is 139 cm³/mol. The average molecular weight is 593 g/mol. The molecule has 1 fully saturated rings. The second kappa shape index (κ2) is 11.4. The van der Waals surface area contributed by atoms with Crippen molar-refractivity contribution in [3.63, 3.8) is 0 Å². The van der Waals surface area contributed by atoms with Gasteiger partial charge in [-0.15, -0.1) is 10.2 Å². The van der Waals surface area contributed by atoms with E-state index in [4.69, 9.17) is 16.3 Å². The van der Waals surface area contributed by atoms with E-state index >= 15 is 0 Å². The second-order valence-electron chi connectivity index (χ2n) is 9.35. The molecule has 0 spiro atoms. The average Bonchev–Trinajstić information content (AvgIpc) is 3.53. The summed E-state index contributed by atoms with van der Waals surface area (Å²) in [6.07, 6.45) is -5.04. The molecule has 216 valence electrons. The highest BCUT2D eigenvalue weighted by molar-refractivity contribution is 6.30. The van der Waals surface area contributed by atoms with Crippen molar-refractivity contribution >= 4 is 17.5 Å². The number of morpholine rings is 1. The SMILES string of the molecule is CC1CN(C(=O)c2ncccc2-n2cnc(Cn3nc(-c4ccc(Cl)cc4)n(C[C@@H](O)C(F)(F)F)c3=O)n2)CCO1. The van der Waals surface area contributed by atoms with Gasteiger partial charge in [0.1, 0.15) is 12.9 Å². The number of benzene rings is 1. The number of pyridine rings is 1. The number of carbonyl (C=O) groups excluding carboxylic acids is 1. The first-order valence-corrected chi connectivity index (χ1v) is 12.8. The number of aromatic nitrogens is 7. The van der Waals surface area contributed by atoms with Gasteiger partial charge in [-0.1, -0.05) is 11.6 Å². The monoisotopic (exact) mass is 592 g/mol. The standard InChI is InChI=1S/C25H24ClF3N8O4/c1-15-11-34(9-10-41-15)23(39)21-18(3-2-8-30-21)37-14-31-20(32-37)13-36-24(40)35(12-19(38)25(27,28)29)22(33-36)16-4-6-17(26)7-5-16/h2-8,14-15,19,38H,9-13H2,1H3/t15?,19-/m1/s1. The topological polar surface area (TPSA) is 133 Å². The molecule has 1 aromatic carbocycles. The number of halogens is 4. The van der Waals surface area contributed by atoms with Crippen LogP contribution in [0.5, 0.6) is 0 Å². The van der Waals surface area contributed by atoms with E-state index < -0.39 is 24.5 Å². The van der Waals surface area contributed by atoms with Crippen molar-refractivity contribution in [2.45, 2.75) is 38.4 Å².